The van der Waals surface area contributed by atoms with Crippen LogP contribution in [0.5, 0.6) is 5.75 Å². The van der Waals surface area contributed by atoms with E-state index in [4.69, 9.17) is 4.74 Å². The maximum atomic E-state index is 14.4. The number of aryl methyl sites for hydroxylation is 1. The van der Waals surface area contributed by atoms with Gasteiger partial charge in [0.15, 0.2) is 5.65 Å². The molecule has 2 aromatic heterocycles. The molecule has 0 saturated carbocycles. The predicted octanol–water partition coefficient (Wildman–Crippen LogP) is 4.32. The molecule has 5 rings (SSSR count). The van der Waals surface area contributed by atoms with Crippen LogP contribution in [-0.2, 0) is 20.0 Å². The highest BCUT2D eigenvalue weighted by molar-refractivity contribution is 7.90. The quantitative estimate of drug-likeness (QED) is 0.333. The fourth-order valence-corrected chi connectivity index (χ4v) is 7.10. The number of halogens is 1. The Hall–Kier alpha value is -4.05. The molecule has 3 heterocycles. The van der Waals surface area contributed by atoms with E-state index in [-0.39, 0.29) is 52.4 Å². The van der Waals surface area contributed by atoms with Gasteiger partial charge in [0.25, 0.3) is 10.0 Å². The second-order valence-electron chi connectivity index (χ2n) is 9.45. The van der Waals surface area contributed by atoms with Crippen LogP contribution in [-0.4, -0.2) is 56.6 Å². The molecule has 0 atom stereocenters. The lowest BCUT2D eigenvalue weighted by atomic mass is 9.97. The first-order chi connectivity index (χ1) is 19.0. The van der Waals surface area contributed by atoms with E-state index >= 15 is 0 Å². The Morgan fingerprint density at radius 1 is 1.07 bits per heavy atom. The fourth-order valence-electron chi connectivity index (χ4n) is 4.84. The van der Waals surface area contributed by atoms with Crippen molar-refractivity contribution in [3.8, 4) is 22.9 Å². The molecule has 0 fully saturated rings. The standard InChI is InChI=1S/C28H25FN4O5S2/c1-18-4-7-22(8-5-18)40(36,37)33-25(19-10-12-32(13-11-19)39(3,34)35)15-24-27(20(16-30)17-31-28(24)33)23-14-21(29)6-9-26(23)38-2/h4-10,14-15,17H,11-13H2,1-3H3. The van der Waals surface area contributed by atoms with Crippen molar-refractivity contribution >= 4 is 36.7 Å². The number of nitriles is 1. The maximum absolute atomic E-state index is 14.4. The molecule has 4 aromatic rings. The molecular weight excluding hydrogens is 555 g/mol. The Morgan fingerprint density at radius 2 is 1.80 bits per heavy atom. The molecule has 1 aliphatic rings. The van der Waals surface area contributed by atoms with Crippen LogP contribution in [0.3, 0.4) is 0 Å². The number of rotatable bonds is 6. The van der Waals surface area contributed by atoms with E-state index in [9.17, 15) is 26.5 Å². The molecule has 0 bridgehead atoms. The van der Waals surface area contributed by atoms with E-state index < -0.39 is 25.9 Å². The predicted molar refractivity (Wildman–Crippen MR) is 149 cm³/mol. The SMILES string of the molecule is COc1ccc(F)cc1-c1c(C#N)cnc2c1cc(C1=CCN(S(C)(=O)=O)CC1)n2S(=O)(=O)c1ccc(C)cc1. The summed E-state index contributed by atoms with van der Waals surface area (Å²) in [7, 11) is -6.23. The number of methoxy groups -OCH3 is 1. The monoisotopic (exact) mass is 580 g/mol. The summed E-state index contributed by atoms with van der Waals surface area (Å²) < 4.78 is 74.7. The van der Waals surface area contributed by atoms with Crippen LogP contribution in [0.2, 0.25) is 0 Å². The van der Waals surface area contributed by atoms with Gasteiger partial charge in [0.1, 0.15) is 17.6 Å². The van der Waals surface area contributed by atoms with Gasteiger partial charge >= 0.3 is 0 Å². The molecule has 40 heavy (non-hydrogen) atoms. The number of pyridine rings is 1. The van der Waals surface area contributed by atoms with Gasteiger partial charge < -0.3 is 4.74 Å². The highest BCUT2D eigenvalue weighted by Gasteiger charge is 2.30. The van der Waals surface area contributed by atoms with Crippen LogP contribution in [0.15, 0.2) is 65.7 Å². The van der Waals surface area contributed by atoms with E-state index in [0.29, 0.717) is 16.7 Å². The molecule has 2 aromatic carbocycles. The summed E-state index contributed by atoms with van der Waals surface area (Å²) in [6.07, 6.45) is 4.30. The molecule has 0 spiro atoms. The first kappa shape index (κ1) is 27.5. The lowest BCUT2D eigenvalue weighted by Gasteiger charge is -2.24. The summed E-state index contributed by atoms with van der Waals surface area (Å²) >= 11 is 0. The summed E-state index contributed by atoms with van der Waals surface area (Å²) in [5, 5.41) is 10.2. The molecule has 0 unspecified atom stereocenters. The van der Waals surface area contributed by atoms with E-state index in [0.717, 1.165) is 15.8 Å². The van der Waals surface area contributed by atoms with Gasteiger partial charge in [-0.15, -0.1) is 0 Å². The third-order valence-electron chi connectivity index (χ3n) is 6.87. The Morgan fingerprint density at radius 3 is 2.40 bits per heavy atom. The zero-order valence-electron chi connectivity index (χ0n) is 21.9. The second-order valence-corrected chi connectivity index (χ2v) is 13.2. The van der Waals surface area contributed by atoms with Gasteiger partial charge in [0.05, 0.1) is 29.5 Å². The number of fused-ring (bicyclic) bond motifs is 1. The third-order valence-corrected chi connectivity index (χ3v) is 9.86. The van der Waals surface area contributed by atoms with Crippen molar-refractivity contribution in [2.45, 2.75) is 18.2 Å². The Bertz CT molecular complexity index is 1940. The third kappa shape index (κ3) is 4.77. The number of nitrogens with zero attached hydrogens (tertiary/aromatic N) is 4. The molecule has 206 valence electrons. The van der Waals surface area contributed by atoms with Gasteiger partial charge in [0, 0.05) is 35.8 Å². The fraction of sp³-hybridized carbons (Fsp3) is 0.214. The van der Waals surface area contributed by atoms with Gasteiger partial charge in [0.2, 0.25) is 10.0 Å². The normalized spacial score (nSPS) is 14.6. The average Bonchev–Trinajstić information content (AvgIpc) is 3.33. The Labute approximate surface area is 231 Å². The molecule has 9 nitrogen and oxygen atoms in total. The maximum Gasteiger partial charge on any atom is 0.269 e. The first-order valence-electron chi connectivity index (χ1n) is 12.2. The van der Waals surface area contributed by atoms with E-state index in [1.807, 2.05) is 6.92 Å². The van der Waals surface area contributed by atoms with Crippen LogP contribution in [0.4, 0.5) is 4.39 Å². The molecule has 0 radical (unpaired) electrons. The zero-order valence-corrected chi connectivity index (χ0v) is 23.6. The first-order valence-corrected chi connectivity index (χ1v) is 15.5. The Balaban J connectivity index is 1.86. The van der Waals surface area contributed by atoms with Crippen LogP contribution in [0.1, 0.15) is 23.2 Å². The largest absolute Gasteiger partial charge is 0.496 e. The van der Waals surface area contributed by atoms with Gasteiger partial charge in [-0.25, -0.2) is 30.2 Å². The number of hydrogen-bond donors (Lipinski definition) is 0. The topological polar surface area (TPSA) is 122 Å². The second kappa shape index (κ2) is 10.2. The molecular formula is C28H25FN4O5S2. The number of sulfonamides is 1. The van der Waals surface area contributed by atoms with Crippen molar-refractivity contribution in [1.82, 2.24) is 13.3 Å². The molecule has 12 heteroatoms. The van der Waals surface area contributed by atoms with Crippen LogP contribution in [0, 0.1) is 24.1 Å². The molecule has 0 N–H and O–H groups in total. The average molecular weight is 581 g/mol. The highest BCUT2D eigenvalue weighted by atomic mass is 32.2. The van der Waals surface area contributed by atoms with Gasteiger partial charge in [-0.3, -0.25) is 0 Å². The summed E-state index contributed by atoms with van der Waals surface area (Å²) in [5.74, 6) is -0.269. The minimum Gasteiger partial charge on any atom is -0.496 e. The number of ether oxygens (including phenoxy) is 1. The van der Waals surface area contributed by atoms with Crippen LogP contribution in [0.25, 0.3) is 27.7 Å². The molecule has 0 amide bonds. The highest BCUT2D eigenvalue weighted by Crippen LogP contribution is 2.41. The molecule has 1 aliphatic heterocycles. The molecule has 0 aliphatic carbocycles. The summed E-state index contributed by atoms with van der Waals surface area (Å²) in [4.78, 5) is 4.42. The number of benzene rings is 2. The van der Waals surface area contributed by atoms with Gasteiger partial charge in [-0.05, 0) is 55.3 Å². The minimum atomic E-state index is -4.21. The summed E-state index contributed by atoms with van der Waals surface area (Å²) in [5.41, 5.74) is 2.45. The number of aromatic nitrogens is 2. The summed E-state index contributed by atoms with van der Waals surface area (Å²) in [6, 6.07) is 13.9. The van der Waals surface area contributed by atoms with E-state index in [2.05, 4.69) is 11.1 Å². The van der Waals surface area contributed by atoms with Crippen molar-refractivity contribution in [2.75, 3.05) is 26.5 Å². The minimum absolute atomic E-state index is 0.0297. The smallest absolute Gasteiger partial charge is 0.269 e. The Kier molecular flexibility index (Phi) is 6.99. The van der Waals surface area contributed by atoms with Crippen molar-refractivity contribution in [1.29, 1.82) is 5.26 Å². The van der Waals surface area contributed by atoms with Gasteiger partial charge in [-0.2, -0.15) is 9.57 Å². The lowest BCUT2D eigenvalue weighted by molar-refractivity contribution is 0.415. The van der Waals surface area contributed by atoms with Crippen molar-refractivity contribution in [3.63, 3.8) is 0 Å². The summed E-state index contributed by atoms with van der Waals surface area (Å²) in [6.45, 7) is 2.08. The van der Waals surface area contributed by atoms with Gasteiger partial charge in [-0.1, -0.05) is 23.8 Å². The van der Waals surface area contributed by atoms with Crippen LogP contribution < -0.4 is 4.74 Å². The van der Waals surface area contributed by atoms with E-state index in [1.54, 1.807) is 24.3 Å². The van der Waals surface area contributed by atoms with Crippen molar-refractivity contribution in [2.24, 2.45) is 0 Å². The lowest BCUT2D eigenvalue weighted by Crippen LogP contribution is -2.34. The van der Waals surface area contributed by atoms with E-state index in [1.165, 1.54) is 47.9 Å². The number of hydrogen-bond acceptors (Lipinski definition) is 7. The zero-order chi connectivity index (χ0) is 28.8. The van der Waals surface area contributed by atoms with Crippen LogP contribution >= 0.6 is 0 Å². The molecule has 0 saturated heterocycles. The van der Waals surface area contributed by atoms with Crippen molar-refractivity contribution in [3.05, 3.63) is 83.4 Å². The van der Waals surface area contributed by atoms with Crippen molar-refractivity contribution < 1.29 is 26.0 Å².